The highest BCUT2D eigenvalue weighted by atomic mass is 32.2. The van der Waals surface area contributed by atoms with Crippen molar-refractivity contribution < 1.29 is 10.0 Å². The number of carbonyl (C=O) groups excluding carboxylic acids is 1. The zero-order chi connectivity index (χ0) is 13.7. The molecule has 0 bridgehead atoms. The van der Waals surface area contributed by atoms with Gasteiger partial charge in [0.1, 0.15) is 0 Å². The van der Waals surface area contributed by atoms with Gasteiger partial charge in [-0.05, 0) is 24.3 Å². The van der Waals surface area contributed by atoms with Crippen LogP contribution >= 0.6 is 11.8 Å². The molecule has 0 radical (unpaired) electrons. The summed E-state index contributed by atoms with van der Waals surface area (Å²) in [5.74, 6) is 2.21. The molecule has 0 aromatic heterocycles. The van der Waals surface area contributed by atoms with Crippen LogP contribution < -0.4 is 5.73 Å². The average molecular weight is 279 g/mol. The Hall–Kier alpha value is -1.69. The van der Waals surface area contributed by atoms with Crippen LogP contribution in [0.4, 0.5) is 0 Å². The molecule has 0 spiro atoms. The van der Waals surface area contributed by atoms with E-state index in [9.17, 15) is 4.79 Å². The van der Waals surface area contributed by atoms with Gasteiger partial charge in [-0.15, -0.1) is 0 Å². The normalized spacial score (nSPS) is 17.1. The van der Waals surface area contributed by atoms with Gasteiger partial charge in [0.05, 0.1) is 0 Å². The molecular weight excluding hydrogens is 262 g/mol. The minimum absolute atomic E-state index is 0.0465. The van der Waals surface area contributed by atoms with E-state index in [1.807, 2.05) is 16.7 Å². The van der Waals surface area contributed by atoms with Gasteiger partial charge in [-0.1, -0.05) is 17.3 Å². The predicted molar refractivity (Wildman–Crippen MR) is 76.8 cm³/mol. The number of benzene rings is 1. The van der Waals surface area contributed by atoms with Crippen LogP contribution in [-0.4, -0.2) is 46.4 Å². The minimum atomic E-state index is 0.0465. The third-order valence-electron chi connectivity index (χ3n) is 3.04. The second-order valence-electron chi connectivity index (χ2n) is 4.32. The lowest BCUT2D eigenvalue weighted by Gasteiger charge is -2.20. The monoisotopic (exact) mass is 279 g/mol. The minimum Gasteiger partial charge on any atom is -0.409 e. The van der Waals surface area contributed by atoms with Crippen molar-refractivity contribution in [1.82, 2.24) is 4.90 Å². The highest BCUT2D eigenvalue weighted by Crippen LogP contribution is 2.14. The molecule has 1 aromatic carbocycles. The fourth-order valence-electron chi connectivity index (χ4n) is 1.97. The predicted octanol–water partition coefficient (Wildman–Crippen LogP) is 1.36. The van der Waals surface area contributed by atoms with Gasteiger partial charge >= 0.3 is 0 Å². The van der Waals surface area contributed by atoms with Crippen LogP contribution in [0.5, 0.6) is 0 Å². The second-order valence-corrected chi connectivity index (χ2v) is 5.55. The summed E-state index contributed by atoms with van der Waals surface area (Å²) < 4.78 is 0. The molecule has 1 saturated heterocycles. The molecule has 3 N–H and O–H groups in total. The number of hydrogen-bond acceptors (Lipinski definition) is 4. The Kier molecular flexibility index (Phi) is 4.68. The topological polar surface area (TPSA) is 78.9 Å². The molecule has 6 heteroatoms. The number of nitrogens with zero attached hydrogens (tertiary/aromatic N) is 2. The summed E-state index contributed by atoms with van der Waals surface area (Å²) in [6.07, 6.45) is 1.04. The molecule has 1 aromatic rings. The fourth-order valence-corrected chi connectivity index (χ4v) is 2.86. The number of rotatable bonds is 2. The third kappa shape index (κ3) is 3.41. The van der Waals surface area contributed by atoms with E-state index in [0.29, 0.717) is 11.1 Å². The maximum Gasteiger partial charge on any atom is 0.253 e. The molecule has 1 amide bonds. The number of amidine groups is 1. The summed E-state index contributed by atoms with van der Waals surface area (Å²) in [4.78, 5) is 14.2. The van der Waals surface area contributed by atoms with Crippen molar-refractivity contribution in [1.29, 1.82) is 0 Å². The molecule has 0 unspecified atom stereocenters. The first-order valence-electron chi connectivity index (χ1n) is 6.17. The quantitative estimate of drug-likeness (QED) is 0.371. The van der Waals surface area contributed by atoms with Crippen molar-refractivity contribution in [3.8, 4) is 0 Å². The van der Waals surface area contributed by atoms with E-state index in [1.54, 1.807) is 24.3 Å². The molecule has 102 valence electrons. The molecule has 5 nitrogen and oxygen atoms in total. The lowest BCUT2D eigenvalue weighted by atomic mass is 10.1. The van der Waals surface area contributed by atoms with Crippen molar-refractivity contribution in [2.45, 2.75) is 6.42 Å². The number of nitrogens with two attached hydrogens (primary N) is 1. The summed E-state index contributed by atoms with van der Waals surface area (Å²) in [6, 6.07) is 6.81. The van der Waals surface area contributed by atoms with Crippen molar-refractivity contribution in [3.63, 3.8) is 0 Å². The lowest BCUT2D eigenvalue weighted by molar-refractivity contribution is 0.0768. The summed E-state index contributed by atoms with van der Waals surface area (Å²) >= 11 is 1.89. The van der Waals surface area contributed by atoms with Crippen molar-refractivity contribution in [2.24, 2.45) is 10.9 Å². The van der Waals surface area contributed by atoms with E-state index >= 15 is 0 Å². The second kappa shape index (κ2) is 6.47. The largest absolute Gasteiger partial charge is 0.409 e. The molecule has 0 atom stereocenters. The molecule has 0 saturated carbocycles. The number of amides is 1. The van der Waals surface area contributed by atoms with Gasteiger partial charge in [0.2, 0.25) is 0 Å². The van der Waals surface area contributed by atoms with E-state index in [0.717, 1.165) is 31.0 Å². The van der Waals surface area contributed by atoms with Gasteiger partial charge in [-0.2, -0.15) is 11.8 Å². The molecule has 1 aliphatic rings. The number of hydrogen-bond donors (Lipinski definition) is 2. The van der Waals surface area contributed by atoms with Crippen LogP contribution in [0.2, 0.25) is 0 Å². The number of carbonyl (C=O) groups is 1. The summed E-state index contributed by atoms with van der Waals surface area (Å²) in [5, 5.41) is 11.5. The van der Waals surface area contributed by atoms with E-state index in [4.69, 9.17) is 10.9 Å². The first-order valence-corrected chi connectivity index (χ1v) is 7.33. The van der Waals surface area contributed by atoms with Gasteiger partial charge in [0.25, 0.3) is 5.91 Å². The Morgan fingerprint density at radius 3 is 2.58 bits per heavy atom. The van der Waals surface area contributed by atoms with Crippen LogP contribution in [0.3, 0.4) is 0 Å². The van der Waals surface area contributed by atoms with Crippen LogP contribution in [0, 0.1) is 0 Å². The SMILES string of the molecule is N/C(=N/O)c1ccc(C(=O)N2CCCSCC2)cc1. The van der Waals surface area contributed by atoms with Gasteiger partial charge < -0.3 is 15.8 Å². The fraction of sp³-hybridized carbons (Fsp3) is 0.385. The maximum atomic E-state index is 12.3. The van der Waals surface area contributed by atoms with Crippen molar-refractivity contribution in [2.75, 3.05) is 24.6 Å². The van der Waals surface area contributed by atoms with Crippen LogP contribution in [0.1, 0.15) is 22.3 Å². The molecule has 1 heterocycles. The van der Waals surface area contributed by atoms with E-state index < -0.39 is 0 Å². The molecule has 19 heavy (non-hydrogen) atoms. The zero-order valence-electron chi connectivity index (χ0n) is 10.6. The molecule has 2 rings (SSSR count). The molecule has 1 fully saturated rings. The Bertz CT molecular complexity index is 465. The first-order chi connectivity index (χ1) is 9.22. The summed E-state index contributed by atoms with van der Waals surface area (Å²) in [6.45, 7) is 1.61. The highest BCUT2D eigenvalue weighted by molar-refractivity contribution is 7.99. The van der Waals surface area contributed by atoms with Crippen molar-refractivity contribution >= 4 is 23.5 Å². The number of thioether (sulfide) groups is 1. The molecular formula is C13H17N3O2S. The molecule has 0 aliphatic carbocycles. The Morgan fingerprint density at radius 2 is 1.89 bits per heavy atom. The van der Waals surface area contributed by atoms with E-state index in [2.05, 4.69) is 5.16 Å². The van der Waals surface area contributed by atoms with Gasteiger partial charge in [0.15, 0.2) is 5.84 Å². The highest BCUT2D eigenvalue weighted by Gasteiger charge is 2.17. The Morgan fingerprint density at radius 1 is 1.21 bits per heavy atom. The zero-order valence-corrected chi connectivity index (χ0v) is 11.4. The van der Waals surface area contributed by atoms with Crippen LogP contribution in [-0.2, 0) is 0 Å². The van der Waals surface area contributed by atoms with Gasteiger partial charge in [-0.25, -0.2) is 0 Å². The number of oxime groups is 1. The smallest absolute Gasteiger partial charge is 0.253 e. The lowest BCUT2D eigenvalue weighted by Crippen LogP contribution is -2.32. The Labute approximate surface area is 116 Å². The van der Waals surface area contributed by atoms with Gasteiger partial charge in [0, 0.05) is 30.0 Å². The average Bonchev–Trinajstić information content (AvgIpc) is 2.75. The van der Waals surface area contributed by atoms with Crippen LogP contribution in [0.25, 0.3) is 0 Å². The maximum absolute atomic E-state index is 12.3. The third-order valence-corrected chi connectivity index (χ3v) is 4.09. The first kappa shape index (κ1) is 13.7. The van der Waals surface area contributed by atoms with Gasteiger partial charge in [-0.3, -0.25) is 4.79 Å². The van der Waals surface area contributed by atoms with E-state index in [1.165, 1.54) is 0 Å². The standard InChI is InChI=1S/C13H17N3O2S/c14-12(15-18)10-2-4-11(5-3-10)13(17)16-6-1-8-19-9-7-16/h2-5,18H,1,6-9H2,(H2,14,15). The molecule has 1 aliphatic heterocycles. The summed E-state index contributed by atoms with van der Waals surface area (Å²) in [5.41, 5.74) is 6.73. The van der Waals surface area contributed by atoms with Crippen molar-refractivity contribution in [3.05, 3.63) is 35.4 Å². The Balaban J connectivity index is 2.10. The summed E-state index contributed by atoms with van der Waals surface area (Å²) in [7, 11) is 0. The van der Waals surface area contributed by atoms with E-state index in [-0.39, 0.29) is 11.7 Å². The van der Waals surface area contributed by atoms with Crippen LogP contribution in [0.15, 0.2) is 29.4 Å².